The SMILES string of the molecule is CC(C)CNCc1ccn(-c2cccc3c2CCCC3)n1. The Balaban J connectivity index is 1.77. The number of hydrogen-bond donors (Lipinski definition) is 1. The average molecular weight is 283 g/mol. The van der Waals surface area contributed by atoms with Gasteiger partial charge in [0.15, 0.2) is 0 Å². The summed E-state index contributed by atoms with van der Waals surface area (Å²) in [6.07, 6.45) is 7.12. The molecule has 3 nitrogen and oxygen atoms in total. The van der Waals surface area contributed by atoms with Crippen LogP contribution in [0.4, 0.5) is 0 Å². The van der Waals surface area contributed by atoms with Gasteiger partial charge >= 0.3 is 0 Å². The number of nitrogens with zero attached hydrogens (tertiary/aromatic N) is 2. The van der Waals surface area contributed by atoms with Crippen LogP contribution in [0, 0.1) is 5.92 Å². The zero-order valence-electron chi connectivity index (χ0n) is 13.1. The van der Waals surface area contributed by atoms with Gasteiger partial charge < -0.3 is 5.32 Å². The van der Waals surface area contributed by atoms with Crippen LogP contribution >= 0.6 is 0 Å². The Morgan fingerprint density at radius 1 is 1.19 bits per heavy atom. The molecular weight excluding hydrogens is 258 g/mol. The molecule has 21 heavy (non-hydrogen) atoms. The maximum absolute atomic E-state index is 4.74. The molecule has 1 N–H and O–H groups in total. The maximum Gasteiger partial charge on any atom is 0.0766 e. The van der Waals surface area contributed by atoms with Crippen LogP contribution in [0.5, 0.6) is 0 Å². The van der Waals surface area contributed by atoms with Crippen LogP contribution < -0.4 is 5.32 Å². The predicted octanol–water partition coefficient (Wildman–Crippen LogP) is 3.50. The first-order valence-corrected chi connectivity index (χ1v) is 8.10. The van der Waals surface area contributed by atoms with Gasteiger partial charge in [0.05, 0.1) is 11.4 Å². The van der Waals surface area contributed by atoms with Crippen molar-refractivity contribution < 1.29 is 0 Å². The normalized spacial score (nSPS) is 14.4. The molecule has 0 spiro atoms. The van der Waals surface area contributed by atoms with Gasteiger partial charge in [-0.25, -0.2) is 4.68 Å². The van der Waals surface area contributed by atoms with E-state index in [1.54, 1.807) is 0 Å². The lowest BCUT2D eigenvalue weighted by Crippen LogP contribution is -2.19. The van der Waals surface area contributed by atoms with E-state index >= 15 is 0 Å². The van der Waals surface area contributed by atoms with E-state index in [2.05, 4.69) is 54.3 Å². The Kier molecular flexibility index (Phi) is 4.39. The highest BCUT2D eigenvalue weighted by Crippen LogP contribution is 2.26. The number of benzene rings is 1. The molecule has 1 aliphatic carbocycles. The fourth-order valence-corrected chi connectivity index (χ4v) is 3.05. The highest BCUT2D eigenvalue weighted by molar-refractivity contribution is 5.46. The number of nitrogens with one attached hydrogen (secondary N) is 1. The summed E-state index contributed by atoms with van der Waals surface area (Å²) in [5.74, 6) is 0.674. The van der Waals surface area contributed by atoms with Gasteiger partial charge in [-0.1, -0.05) is 26.0 Å². The van der Waals surface area contributed by atoms with Crippen LogP contribution in [0.2, 0.25) is 0 Å². The van der Waals surface area contributed by atoms with Crippen LogP contribution in [0.25, 0.3) is 5.69 Å². The van der Waals surface area contributed by atoms with Crippen molar-refractivity contribution in [2.45, 2.75) is 46.1 Å². The van der Waals surface area contributed by atoms with Gasteiger partial charge in [0.2, 0.25) is 0 Å². The number of hydrogen-bond acceptors (Lipinski definition) is 2. The van der Waals surface area contributed by atoms with Crippen LogP contribution in [0.3, 0.4) is 0 Å². The summed E-state index contributed by atoms with van der Waals surface area (Å²) < 4.78 is 2.05. The molecule has 1 aliphatic rings. The van der Waals surface area contributed by atoms with Crippen molar-refractivity contribution >= 4 is 0 Å². The van der Waals surface area contributed by atoms with Gasteiger partial charge in [0.1, 0.15) is 0 Å². The Morgan fingerprint density at radius 3 is 2.90 bits per heavy atom. The van der Waals surface area contributed by atoms with Gasteiger partial charge in [-0.3, -0.25) is 0 Å². The monoisotopic (exact) mass is 283 g/mol. The molecule has 1 heterocycles. The first-order chi connectivity index (χ1) is 10.2. The minimum Gasteiger partial charge on any atom is -0.311 e. The van der Waals surface area contributed by atoms with E-state index in [-0.39, 0.29) is 0 Å². The van der Waals surface area contributed by atoms with E-state index in [1.807, 2.05) is 0 Å². The molecule has 0 radical (unpaired) electrons. The molecule has 1 aromatic carbocycles. The summed E-state index contributed by atoms with van der Waals surface area (Å²) in [5.41, 5.74) is 5.38. The summed E-state index contributed by atoms with van der Waals surface area (Å²) in [6, 6.07) is 8.75. The smallest absolute Gasteiger partial charge is 0.0766 e. The van der Waals surface area contributed by atoms with Crippen LogP contribution in [-0.2, 0) is 19.4 Å². The van der Waals surface area contributed by atoms with Crippen molar-refractivity contribution in [2.24, 2.45) is 5.92 Å². The highest BCUT2D eigenvalue weighted by Gasteiger charge is 2.14. The molecule has 0 bridgehead atoms. The largest absolute Gasteiger partial charge is 0.311 e. The topological polar surface area (TPSA) is 29.9 Å². The Labute approximate surface area is 127 Å². The first-order valence-electron chi connectivity index (χ1n) is 8.10. The third-order valence-electron chi connectivity index (χ3n) is 4.12. The van der Waals surface area contributed by atoms with E-state index in [0.29, 0.717) is 5.92 Å². The molecule has 0 atom stereocenters. The summed E-state index contributed by atoms with van der Waals surface area (Å²) >= 11 is 0. The number of aryl methyl sites for hydroxylation is 1. The van der Waals surface area contributed by atoms with Gasteiger partial charge in [-0.05, 0) is 61.4 Å². The molecule has 0 aliphatic heterocycles. The lowest BCUT2D eigenvalue weighted by Gasteiger charge is -2.19. The highest BCUT2D eigenvalue weighted by atomic mass is 15.3. The van der Waals surface area contributed by atoms with Gasteiger partial charge in [0, 0.05) is 12.7 Å². The Hall–Kier alpha value is -1.61. The van der Waals surface area contributed by atoms with Crippen LogP contribution in [-0.4, -0.2) is 16.3 Å². The third-order valence-corrected chi connectivity index (χ3v) is 4.12. The standard InChI is InChI=1S/C18H25N3/c1-14(2)12-19-13-16-10-11-21(20-16)18-9-5-7-15-6-3-4-8-17(15)18/h5,7,9-11,14,19H,3-4,6,8,12-13H2,1-2H3. The van der Waals surface area contributed by atoms with Crippen molar-refractivity contribution in [3.63, 3.8) is 0 Å². The molecule has 0 unspecified atom stereocenters. The lowest BCUT2D eigenvalue weighted by atomic mass is 9.90. The predicted molar refractivity (Wildman–Crippen MR) is 86.8 cm³/mol. The van der Waals surface area contributed by atoms with E-state index in [1.165, 1.54) is 42.5 Å². The minimum atomic E-state index is 0.674. The average Bonchev–Trinajstić information content (AvgIpc) is 2.95. The number of rotatable bonds is 5. The van der Waals surface area contributed by atoms with Crippen LogP contribution in [0.1, 0.15) is 43.5 Å². The van der Waals surface area contributed by atoms with Crippen molar-refractivity contribution in [1.82, 2.24) is 15.1 Å². The minimum absolute atomic E-state index is 0.674. The van der Waals surface area contributed by atoms with E-state index < -0.39 is 0 Å². The molecule has 0 saturated carbocycles. The molecule has 0 fully saturated rings. The van der Waals surface area contributed by atoms with Crippen molar-refractivity contribution in [2.75, 3.05) is 6.54 Å². The van der Waals surface area contributed by atoms with Gasteiger partial charge in [-0.2, -0.15) is 5.10 Å². The first kappa shape index (κ1) is 14.3. The fourth-order valence-electron chi connectivity index (χ4n) is 3.05. The maximum atomic E-state index is 4.74. The quantitative estimate of drug-likeness (QED) is 0.910. The molecule has 0 amide bonds. The molecule has 112 valence electrons. The Bertz CT molecular complexity index is 598. The fraction of sp³-hybridized carbons (Fsp3) is 0.500. The second-order valence-corrected chi connectivity index (χ2v) is 6.40. The summed E-state index contributed by atoms with van der Waals surface area (Å²) in [6.45, 7) is 6.33. The molecule has 1 aromatic heterocycles. The lowest BCUT2D eigenvalue weighted by molar-refractivity contribution is 0.546. The number of aromatic nitrogens is 2. The van der Waals surface area contributed by atoms with E-state index in [4.69, 9.17) is 5.10 Å². The summed E-state index contributed by atoms with van der Waals surface area (Å²) in [5, 5.41) is 8.19. The molecule has 3 heteroatoms. The Morgan fingerprint density at radius 2 is 2.05 bits per heavy atom. The number of fused-ring (bicyclic) bond motifs is 1. The van der Waals surface area contributed by atoms with Gasteiger partial charge in [0.25, 0.3) is 0 Å². The van der Waals surface area contributed by atoms with Gasteiger partial charge in [-0.15, -0.1) is 0 Å². The molecule has 2 aromatic rings. The zero-order valence-corrected chi connectivity index (χ0v) is 13.1. The van der Waals surface area contributed by atoms with E-state index in [9.17, 15) is 0 Å². The molecule has 3 rings (SSSR count). The third kappa shape index (κ3) is 3.35. The summed E-state index contributed by atoms with van der Waals surface area (Å²) in [7, 11) is 0. The summed E-state index contributed by atoms with van der Waals surface area (Å²) in [4.78, 5) is 0. The zero-order chi connectivity index (χ0) is 14.7. The van der Waals surface area contributed by atoms with E-state index in [0.717, 1.165) is 18.8 Å². The molecule has 0 saturated heterocycles. The van der Waals surface area contributed by atoms with Crippen molar-refractivity contribution in [3.8, 4) is 5.69 Å². The van der Waals surface area contributed by atoms with Crippen molar-refractivity contribution in [1.29, 1.82) is 0 Å². The second kappa shape index (κ2) is 6.44. The van der Waals surface area contributed by atoms with Crippen molar-refractivity contribution in [3.05, 3.63) is 47.3 Å². The molecular formula is C18H25N3. The second-order valence-electron chi connectivity index (χ2n) is 6.40. The van der Waals surface area contributed by atoms with Crippen LogP contribution in [0.15, 0.2) is 30.5 Å².